The molecule has 0 saturated carbocycles. The van der Waals surface area contributed by atoms with Gasteiger partial charge in [0.15, 0.2) is 0 Å². The Morgan fingerprint density at radius 1 is 1.35 bits per heavy atom. The minimum Gasteiger partial charge on any atom is -0.395 e. The van der Waals surface area contributed by atoms with E-state index in [1.807, 2.05) is 11.0 Å². The number of likely N-dealkylation sites (tertiary alicyclic amines) is 2. The molecule has 0 aromatic carbocycles. The van der Waals surface area contributed by atoms with Crippen molar-refractivity contribution in [3.63, 3.8) is 0 Å². The first-order chi connectivity index (χ1) is 11.1. The van der Waals surface area contributed by atoms with Crippen LogP contribution in [0.5, 0.6) is 0 Å². The number of hydrogen-bond acceptors (Lipinski definition) is 5. The predicted octanol–water partition coefficient (Wildman–Crippen LogP) is 1.75. The highest BCUT2D eigenvalue weighted by Crippen LogP contribution is 2.39. The van der Waals surface area contributed by atoms with Gasteiger partial charge in [-0.3, -0.25) is 9.69 Å². The monoisotopic (exact) mass is 321 g/mol. The lowest BCUT2D eigenvalue weighted by Crippen LogP contribution is -2.60. The molecule has 1 N–H and O–H groups in total. The number of nitrogens with zero attached hydrogens (tertiary/aromatic N) is 3. The van der Waals surface area contributed by atoms with Crippen molar-refractivity contribution >= 4 is 5.91 Å². The highest BCUT2D eigenvalue weighted by Gasteiger charge is 2.50. The summed E-state index contributed by atoms with van der Waals surface area (Å²) in [6.45, 7) is 6.98. The first-order valence-electron chi connectivity index (χ1n) is 8.67. The highest BCUT2D eigenvalue weighted by molar-refractivity contribution is 5.87. The van der Waals surface area contributed by atoms with Crippen LogP contribution in [-0.2, 0) is 11.3 Å². The van der Waals surface area contributed by atoms with Crippen molar-refractivity contribution < 1.29 is 14.4 Å². The normalized spacial score (nSPS) is 25.9. The summed E-state index contributed by atoms with van der Waals surface area (Å²) in [6.07, 6.45) is 3.84. The number of piperidine rings is 1. The Morgan fingerprint density at radius 3 is 2.74 bits per heavy atom. The molecule has 2 aliphatic heterocycles. The lowest BCUT2D eigenvalue weighted by molar-refractivity contribution is -0.148. The topological polar surface area (TPSA) is 69.8 Å². The first kappa shape index (κ1) is 16.5. The highest BCUT2D eigenvalue weighted by atomic mass is 16.5. The molecule has 1 atom stereocenters. The van der Waals surface area contributed by atoms with Crippen LogP contribution in [-0.4, -0.2) is 57.8 Å². The van der Waals surface area contributed by atoms with E-state index in [1.54, 1.807) is 0 Å². The Balaban J connectivity index is 1.77. The third-order valence-corrected chi connectivity index (χ3v) is 5.20. The average molecular weight is 321 g/mol. The number of carbonyl (C=O) groups is 1. The molecular weight excluding hydrogens is 294 g/mol. The summed E-state index contributed by atoms with van der Waals surface area (Å²) >= 11 is 0. The van der Waals surface area contributed by atoms with Crippen LogP contribution in [0.4, 0.5) is 0 Å². The fourth-order valence-corrected chi connectivity index (χ4v) is 3.96. The summed E-state index contributed by atoms with van der Waals surface area (Å²) in [4.78, 5) is 17.1. The standard InChI is InChI=1S/C17H27N3O3/c1-13(2)15-11-14(18-23-15)12-20-8-4-6-17(20)5-3-7-19(9-10-21)16(17)22/h11,13,21H,3-10,12H2,1-2H3. The van der Waals surface area contributed by atoms with Gasteiger partial charge < -0.3 is 14.5 Å². The molecule has 23 heavy (non-hydrogen) atoms. The second-order valence-corrected chi connectivity index (χ2v) is 7.05. The molecule has 1 aromatic heterocycles. The molecule has 128 valence electrons. The number of β-amino-alcohol motifs (C(OH)–C–C–N with tert-alkyl or cyclic N) is 1. The van der Waals surface area contributed by atoms with E-state index < -0.39 is 5.54 Å². The molecule has 3 rings (SSSR count). The van der Waals surface area contributed by atoms with Crippen molar-refractivity contribution in [1.82, 2.24) is 15.0 Å². The maximum absolute atomic E-state index is 13.0. The van der Waals surface area contributed by atoms with E-state index >= 15 is 0 Å². The van der Waals surface area contributed by atoms with Gasteiger partial charge in [-0.25, -0.2) is 0 Å². The Morgan fingerprint density at radius 2 is 2.09 bits per heavy atom. The van der Waals surface area contributed by atoms with Crippen LogP contribution < -0.4 is 0 Å². The van der Waals surface area contributed by atoms with E-state index in [-0.39, 0.29) is 12.5 Å². The number of aliphatic hydroxyl groups is 1. The summed E-state index contributed by atoms with van der Waals surface area (Å²) in [5.41, 5.74) is 0.506. The van der Waals surface area contributed by atoms with Gasteiger partial charge >= 0.3 is 0 Å². The maximum Gasteiger partial charge on any atom is 0.243 e. The van der Waals surface area contributed by atoms with Crippen molar-refractivity contribution in [2.24, 2.45) is 0 Å². The van der Waals surface area contributed by atoms with Crippen molar-refractivity contribution in [3.8, 4) is 0 Å². The fraction of sp³-hybridized carbons (Fsp3) is 0.765. The van der Waals surface area contributed by atoms with Crippen LogP contribution in [0.3, 0.4) is 0 Å². The van der Waals surface area contributed by atoms with Gasteiger partial charge in [-0.15, -0.1) is 0 Å². The molecule has 2 aliphatic rings. The molecule has 3 heterocycles. The van der Waals surface area contributed by atoms with Gasteiger partial charge in [-0.1, -0.05) is 19.0 Å². The Labute approximate surface area is 137 Å². The van der Waals surface area contributed by atoms with E-state index in [2.05, 4.69) is 23.9 Å². The van der Waals surface area contributed by atoms with E-state index in [1.165, 1.54) is 0 Å². The molecule has 2 fully saturated rings. The van der Waals surface area contributed by atoms with Crippen molar-refractivity contribution in [1.29, 1.82) is 0 Å². The third-order valence-electron chi connectivity index (χ3n) is 5.20. The summed E-state index contributed by atoms with van der Waals surface area (Å²) in [5, 5.41) is 13.4. The second kappa shape index (κ2) is 6.61. The van der Waals surface area contributed by atoms with Gasteiger partial charge in [0.2, 0.25) is 5.91 Å². The predicted molar refractivity (Wildman–Crippen MR) is 85.9 cm³/mol. The van der Waals surface area contributed by atoms with Crippen molar-refractivity contribution in [2.75, 3.05) is 26.2 Å². The molecule has 1 amide bonds. The summed E-state index contributed by atoms with van der Waals surface area (Å²) in [6, 6.07) is 2.01. The van der Waals surface area contributed by atoms with Crippen LogP contribution in [0.2, 0.25) is 0 Å². The zero-order valence-electron chi connectivity index (χ0n) is 14.1. The SMILES string of the molecule is CC(C)c1cc(CN2CCCC23CCCN(CCO)C3=O)no1. The Hall–Kier alpha value is -1.40. The number of amides is 1. The first-order valence-corrected chi connectivity index (χ1v) is 8.67. The number of carbonyl (C=O) groups excluding carboxylic acids is 1. The fourth-order valence-electron chi connectivity index (χ4n) is 3.96. The van der Waals surface area contributed by atoms with Gasteiger partial charge in [-0.2, -0.15) is 0 Å². The lowest BCUT2D eigenvalue weighted by atomic mass is 9.85. The molecule has 1 unspecified atom stereocenters. The zero-order chi connectivity index (χ0) is 16.4. The van der Waals surface area contributed by atoms with Gasteiger partial charge in [-0.05, 0) is 32.2 Å². The molecule has 0 bridgehead atoms. The third kappa shape index (κ3) is 3.02. The summed E-state index contributed by atoms with van der Waals surface area (Å²) in [5.74, 6) is 1.40. The minimum atomic E-state index is -0.398. The minimum absolute atomic E-state index is 0.0306. The Kier molecular flexibility index (Phi) is 4.73. The zero-order valence-corrected chi connectivity index (χ0v) is 14.1. The van der Waals surface area contributed by atoms with Crippen LogP contribution in [0, 0.1) is 0 Å². The van der Waals surface area contributed by atoms with E-state index in [4.69, 9.17) is 4.52 Å². The van der Waals surface area contributed by atoms with E-state index in [9.17, 15) is 9.90 Å². The lowest BCUT2D eigenvalue weighted by Gasteiger charge is -2.44. The van der Waals surface area contributed by atoms with Gasteiger partial charge in [0.25, 0.3) is 0 Å². The van der Waals surface area contributed by atoms with Crippen molar-refractivity contribution in [3.05, 3.63) is 17.5 Å². The van der Waals surface area contributed by atoms with Gasteiger partial charge in [0.05, 0.1) is 12.3 Å². The average Bonchev–Trinajstić information content (AvgIpc) is 3.13. The van der Waals surface area contributed by atoms with Crippen LogP contribution in [0.15, 0.2) is 10.6 Å². The smallest absolute Gasteiger partial charge is 0.243 e. The quantitative estimate of drug-likeness (QED) is 0.895. The van der Waals surface area contributed by atoms with Crippen LogP contribution in [0.25, 0.3) is 0 Å². The van der Waals surface area contributed by atoms with E-state index in [0.717, 1.165) is 50.2 Å². The van der Waals surface area contributed by atoms with Crippen molar-refractivity contribution in [2.45, 2.75) is 57.5 Å². The Bertz CT molecular complexity index is 555. The largest absolute Gasteiger partial charge is 0.395 e. The summed E-state index contributed by atoms with van der Waals surface area (Å²) in [7, 11) is 0. The molecule has 1 aromatic rings. The van der Waals surface area contributed by atoms with Crippen LogP contribution >= 0.6 is 0 Å². The molecule has 0 radical (unpaired) electrons. The molecule has 1 spiro atoms. The van der Waals surface area contributed by atoms with Gasteiger partial charge in [0, 0.05) is 31.6 Å². The number of aromatic nitrogens is 1. The number of rotatable bonds is 5. The van der Waals surface area contributed by atoms with Crippen LogP contribution in [0.1, 0.15) is 56.9 Å². The van der Waals surface area contributed by atoms with E-state index in [0.29, 0.717) is 19.0 Å². The molecule has 0 aliphatic carbocycles. The van der Waals surface area contributed by atoms with Gasteiger partial charge in [0.1, 0.15) is 11.3 Å². The molecule has 6 nitrogen and oxygen atoms in total. The summed E-state index contributed by atoms with van der Waals surface area (Å²) < 4.78 is 5.39. The number of aliphatic hydroxyl groups excluding tert-OH is 1. The number of hydrogen-bond donors (Lipinski definition) is 1. The molecule has 2 saturated heterocycles. The molecule has 6 heteroatoms. The maximum atomic E-state index is 13.0. The molecular formula is C17H27N3O3. The second-order valence-electron chi connectivity index (χ2n) is 7.05.